The van der Waals surface area contributed by atoms with Crippen molar-refractivity contribution in [2.75, 3.05) is 20.1 Å². The maximum atomic E-state index is 5.86. The predicted octanol–water partition coefficient (Wildman–Crippen LogP) is 1.54. The molecule has 2 atom stereocenters. The molecule has 3 heteroatoms. The van der Waals surface area contributed by atoms with Gasteiger partial charge in [-0.3, -0.25) is 4.99 Å². The monoisotopic (exact) mass is 197 g/mol. The highest BCUT2D eigenvalue weighted by Crippen LogP contribution is 2.37. The Morgan fingerprint density at radius 1 is 1.57 bits per heavy atom. The molecule has 0 bridgehead atoms. The summed E-state index contributed by atoms with van der Waals surface area (Å²) in [7, 11) is 2.03. The largest absolute Gasteiger partial charge is 0.370 e. The summed E-state index contributed by atoms with van der Waals surface area (Å²) >= 11 is 0. The lowest BCUT2D eigenvalue weighted by Gasteiger charge is -2.18. The molecule has 0 aromatic carbocycles. The van der Waals surface area contributed by atoms with E-state index in [-0.39, 0.29) is 0 Å². The van der Waals surface area contributed by atoms with Gasteiger partial charge in [-0.2, -0.15) is 0 Å². The molecule has 0 spiro atoms. The number of rotatable bonds is 4. The summed E-state index contributed by atoms with van der Waals surface area (Å²) in [6, 6.07) is 0. The van der Waals surface area contributed by atoms with Crippen molar-refractivity contribution in [3.63, 3.8) is 0 Å². The van der Waals surface area contributed by atoms with Gasteiger partial charge >= 0.3 is 0 Å². The Morgan fingerprint density at radius 3 is 2.57 bits per heavy atom. The Balaban J connectivity index is 2.28. The van der Waals surface area contributed by atoms with Crippen LogP contribution in [0.4, 0.5) is 0 Å². The number of hydrogen-bond donors (Lipinski definition) is 1. The van der Waals surface area contributed by atoms with Crippen LogP contribution in [-0.2, 0) is 0 Å². The second-order valence-corrected chi connectivity index (χ2v) is 4.95. The van der Waals surface area contributed by atoms with Crippen LogP contribution in [-0.4, -0.2) is 31.0 Å². The molecule has 2 N–H and O–H groups in total. The molecule has 1 saturated carbocycles. The van der Waals surface area contributed by atoms with Crippen molar-refractivity contribution < 1.29 is 0 Å². The van der Waals surface area contributed by atoms with Crippen molar-refractivity contribution in [3.8, 4) is 0 Å². The highest BCUT2D eigenvalue weighted by Gasteiger charge is 2.33. The van der Waals surface area contributed by atoms with Crippen molar-refractivity contribution >= 4 is 5.96 Å². The van der Waals surface area contributed by atoms with Crippen LogP contribution in [0.3, 0.4) is 0 Å². The van der Waals surface area contributed by atoms with E-state index >= 15 is 0 Å². The van der Waals surface area contributed by atoms with Gasteiger partial charge in [-0.05, 0) is 24.2 Å². The molecule has 0 amide bonds. The van der Waals surface area contributed by atoms with Gasteiger partial charge in [0, 0.05) is 20.1 Å². The normalized spacial score (nSPS) is 26.8. The molecule has 3 nitrogen and oxygen atoms in total. The van der Waals surface area contributed by atoms with Crippen LogP contribution in [0.25, 0.3) is 0 Å². The summed E-state index contributed by atoms with van der Waals surface area (Å²) in [4.78, 5) is 6.43. The first-order valence-electron chi connectivity index (χ1n) is 5.51. The van der Waals surface area contributed by atoms with Crippen molar-refractivity contribution in [2.45, 2.75) is 27.2 Å². The third-order valence-corrected chi connectivity index (χ3v) is 2.79. The summed E-state index contributed by atoms with van der Waals surface area (Å²) in [5.41, 5.74) is 5.86. The van der Waals surface area contributed by atoms with Gasteiger partial charge in [0.05, 0.1) is 0 Å². The van der Waals surface area contributed by atoms with E-state index in [2.05, 4.69) is 30.7 Å². The maximum absolute atomic E-state index is 5.86. The van der Waals surface area contributed by atoms with Gasteiger partial charge in [0.15, 0.2) is 5.96 Å². The van der Waals surface area contributed by atoms with E-state index in [0.717, 1.165) is 24.9 Å². The van der Waals surface area contributed by atoms with E-state index in [1.807, 2.05) is 7.05 Å². The minimum Gasteiger partial charge on any atom is -0.370 e. The average Bonchev–Trinajstić information content (AvgIpc) is 2.77. The Morgan fingerprint density at radius 2 is 2.14 bits per heavy atom. The summed E-state index contributed by atoms with van der Waals surface area (Å²) in [6.45, 7) is 8.49. The smallest absolute Gasteiger partial charge is 0.191 e. The van der Waals surface area contributed by atoms with Gasteiger partial charge in [-0.25, -0.2) is 0 Å². The number of guanidine groups is 1. The zero-order valence-corrected chi connectivity index (χ0v) is 9.83. The highest BCUT2D eigenvalue weighted by atomic mass is 15.2. The van der Waals surface area contributed by atoms with E-state index in [0.29, 0.717) is 11.9 Å². The van der Waals surface area contributed by atoms with Crippen LogP contribution < -0.4 is 5.73 Å². The Hall–Kier alpha value is -0.730. The van der Waals surface area contributed by atoms with Gasteiger partial charge in [-0.1, -0.05) is 20.8 Å². The van der Waals surface area contributed by atoms with E-state index < -0.39 is 0 Å². The lowest BCUT2D eigenvalue weighted by molar-refractivity contribution is 0.454. The number of nitrogens with zero attached hydrogens (tertiary/aromatic N) is 2. The molecule has 0 radical (unpaired) electrons. The molecule has 1 aliphatic carbocycles. The zero-order chi connectivity index (χ0) is 10.7. The van der Waals surface area contributed by atoms with Crippen molar-refractivity contribution in [3.05, 3.63) is 0 Å². The first-order valence-corrected chi connectivity index (χ1v) is 5.51. The topological polar surface area (TPSA) is 41.6 Å². The molecule has 1 fully saturated rings. The minimum atomic E-state index is 0.585. The first-order chi connectivity index (χ1) is 6.50. The molecule has 1 aliphatic rings. The van der Waals surface area contributed by atoms with E-state index in [4.69, 9.17) is 5.73 Å². The van der Waals surface area contributed by atoms with Crippen LogP contribution in [0.2, 0.25) is 0 Å². The van der Waals surface area contributed by atoms with Crippen LogP contribution in [0.5, 0.6) is 0 Å². The summed E-state index contributed by atoms with van der Waals surface area (Å²) in [5, 5.41) is 0. The van der Waals surface area contributed by atoms with Crippen LogP contribution >= 0.6 is 0 Å². The Kier molecular flexibility index (Phi) is 3.78. The van der Waals surface area contributed by atoms with Crippen LogP contribution in [0, 0.1) is 17.8 Å². The quantitative estimate of drug-likeness (QED) is 0.549. The van der Waals surface area contributed by atoms with Crippen molar-refractivity contribution in [1.29, 1.82) is 0 Å². The molecule has 14 heavy (non-hydrogen) atoms. The zero-order valence-electron chi connectivity index (χ0n) is 9.83. The standard InChI is InChI=1S/C11H23N3/c1-8(2)6-13-11(12)14(4)7-10-5-9(10)3/h8-10H,5-7H2,1-4H3,(H2,12,13). The fraction of sp³-hybridized carbons (Fsp3) is 0.909. The lowest BCUT2D eigenvalue weighted by Crippen LogP contribution is -2.36. The molecule has 0 heterocycles. The van der Waals surface area contributed by atoms with E-state index in [9.17, 15) is 0 Å². The van der Waals surface area contributed by atoms with Gasteiger partial charge in [0.25, 0.3) is 0 Å². The van der Waals surface area contributed by atoms with Gasteiger partial charge in [0.2, 0.25) is 0 Å². The molecule has 0 saturated heterocycles. The van der Waals surface area contributed by atoms with Crippen molar-refractivity contribution in [1.82, 2.24) is 4.90 Å². The molecule has 2 unspecified atom stereocenters. The molecular formula is C11H23N3. The van der Waals surface area contributed by atoms with Gasteiger partial charge in [0.1, 0.15) is 0 Å². The van der Waals surface area contributed by atoms with E-state index in [1.54, 1.807) is 0 Å². The summed E-state index contributed by atoms with van der Waals surface area (Å²) in [5.74, 6) is 3.00. The fourth-order valence-electron chi connectivity index (χ4n) is 1.50. The molecule has 0 aliphatic heterocycles. The average molecular weight is 197 g/mol. The Labute approximate surface area is 87.4 Å². The van der Waals surface area contributed by atoms with Crippen LogP contribution in [0.1, 0.15) is 27.2 Å². The van der Waals surface area contributed by atoms with Gasteiger partial charge in [-0.15, -0.1) is 0 Å². The molecule has 82 valence electrons. The second kappa shape index (κ2) is 4.67. The summed E-state index contributed by atoms with van der Waals surface area (Å²) < 4.78 is 0. The number of aliphatic imine (C=N–C) groups is 1. The van der Waals surface area contributed by atoms with E-state index in [1.165, 1.54) is 6.42 Å². The minimum absolute atomic E-state index is 0.585. The molecular weight excluding hydrogens is 174 g/mol. The molecule has 1 rings (SSSR count). The lowest BCUT2D eigenvalue weighted by atomic mass is 10.2. The van der Waals surface area contributed by atoms with Crippen molar-refractivity contribution in [2.24, 2.45) is 28.5 Å². The molecule has 0 aromatic rings. The SMILES string of the molecule is CC(C)CN=C(N)N(C)CC1CC1C. The third-order valence-electron chi connectivity index (χ3n) is 2.79. The number of nitrogens with two attached hydrogens (primary N) is 1. The molecule has 0 aromatic heterocycles. The summed E-state index contributed by atoms with van der Waals surface area (Å²) in [6.07, 6.45) is 1.35. The predicted molar refractivity (Wildman–Crippen MR) is 61.2 cm³/mol. The number of hydrogen-bond acceptors (Lipinski definition) is 1. The van der Waals surface area contributed by atoms with Gasteiger partial charge < -0.3 is 10.6 Å². The fourth-order valence-corrected chi connectivity index (χ4v) is 1.50. The first kappa shape index (κ1) is 11.3. The van der Waals surface area contributed by atoms with Crippen LogP contribution in [0.15, 0.2) is 4.99 Å². The third kappa shape index (κ3) is 3.56. The Bertz CT molecular complexity index is 211. The maximum Gasteiger partial charge on any atom is 0.191 e. The second-order valence-electron chi connectivity index (χ2n) is 4.95. The highest BCUT2D eigenvalue weighted by molar-refractivity contribution is 5.77.